The Kier molecular flexibility index (Phi) is 1.94. The smallest absolute Gasteiger partial charge is 0.237 e. The molecule has 0 unspecified atom stereocenters. The summed E-state index contributed by atoms with van der Waals surface area (Å²) in [6.45, 7) is 4.71. The molecule has 1 atom stereocenters. The number of likely N-dealkylation sites (N-methyl/N-ethyl adjacent to an activating group) is 1. The Balaban J connectivity index is 2.57. The molecule has 3 nitrogen and oxygen atoms in total. The molecule has 1 saturated heterocycles. The second-order valence-electron chi connectivity index (χ2n) is 3.07. The molecule has 0 spiro atoms. The van der Waals surface area contributed by atoms with Gasteiger partial charge in [0, 0.05) is 7.05 Å². The molecule has 0 aromatic rings. The van der Waals surface area contributed by atoms with Crippen molar-refractivity contribution in [2.75, 3.05) is 13.6 Å². The van der Waals surface area contributed by atoms with E-state index in [1.807, 2.05) is 7.05 Å². The first-order chi connectivity index (χ1) is 4.63. The van der Waals surface area contributed by atoms with E-state index in [1.165, 1.54) is 0 Å². The SMILES string of the molecule is CC(C)[C@H]1NCC(=O)N1C. The molecule has 1 heterocycles. The third-order valence-corrected chi connectivity index (χ3v) is 1.90. The molecule has 1 amide bonds. The van der Waals surface area contributed by atoms with Crippen molar-refractivity contribution in [1.29, 1.82) is 0 Å². The Bertz CT molecular complexity index is 145. The first kappa shape index (κ1) is 7.54. The van der Waals surface area contributed by atoms with Crippen LogP contribution in [0.2, 0.25) is 0 Å². The van der Waals surface area contributed by atoms with Crippen LogP contribution in [0.25, 0.3) is 0 Å². The van der Waals surface area contributed by atoms with Crippen LogP contribution in [0.1, 0.15) is 13.8 Å². The molecular weight excluding hydrogens is 128 g/mol. The second kappa shape index (κ2) is 2.58. The highest BCUT2D eigenvalue weighted by atomic mass is 16.2. The summed E-state index contributed by atoms with van der Waals surface area (Å²) in [6.07, 6.45) is 0.243. The minimum Gasteiger partial charge on any atom is -0.329 e. The first-order valence-corrected chi connectivity index (χ1v) is 3.62. The van der Waals surface area contributed by atoms with Crippen molar-refractivity contribution in [1.82, 2.24) is 10.2 Å². The fourth-order valence-corrected chi connectivity index (χ4v) is 1.29. The van der Waals surface area contributed by atoms with Gasteiger partial charge in [-0.15, -0.1) is 0 Å². The zero-order valence-electron chi connectivity index (χ0n) is 6.72. The van der Waals surface area contributed by atoms with E-state index in [-0.39, 0.29) is 12.1 Å². The zero-order chi connectivity index (χ0) is 7.72. The summed E-state index contributed by atoms with van der Waals surface area (Å²) in [4.78, 5) is 12.7. The van der Waals surface area contributed by atoms with Crippen molar-refractivity contribution in [2.24, 2.45) is 5.92 Å². The van der Waals surface area contributed by atoms with E-state index in [2.05, 4.69) is 19.2 Å². The summed E-state index contributed by atoms with van der Waals surface area (Å²) >= 11 is 0. The molecule has 1 aliphatic heterocycles. The molecule has 58 valence electrons. The van der Waals surface area contributed by atoms with Gasteiger partial charge in [-0.2, -0.15) is 0 Å². The van der Waals surface area contributed by atoms with Gasteiger partial charge in [0.1, 0.15) is 0 Å². The number of carbonyl (C=O) groups excluding carboxylic acids is 1. The van der Waals surface area contributed by atoms with E-state index in [0.29, 0.717) is 12.5 Å². The van der Waals surface area contributed by atoms with Crippen LogP contribution in [-0.2, 0) is 4.79 Å². The maximum absolute atomic E-state index is 11.0. The van der Waals surface area contributed by atoms with Gasteiger partial charge in [0.05, 0.1) is 12.7 Å². The summed E-state index contributed by atoms with van der Waals surface area (Å²) in [5.41, 5.74) is 0. The van der Waals surface area contributed by atoms with Gasteiger partial charge in [0.25, 0.3) is 0 Å². The molecule has 0 aliphatic carbocycles. The van der Waals surface area contributed by atoms with Gasteiger partial charge in [-0.25, -0.2) is 0 Å². The largest absolute Gasteiger partial charge is 0.329 e. The molecule has 1 aliphatic rings. The lowest BCUT2D eigenvalue weighted by molar-refractivity contribution is -0.127. The summed E-state index contributed by atoms with van der Waals surface area (Å²) < 4.78 is 0. The quantitative estimate of drug-likeness (QED) is 0.560. The predicted octanol–water partition coefficient (Wildman–Crippen LogP) is 0.0301. The van der Waals surface area contributed by atoms with Crippen LogP contribution in [0.3, 0.4) is 0 Å². The van der Waals surface area contributed by atoms with E-state index in [4.69, 9.17) is 0 Å². The number of nitrogens with one attached hydrogen (secondary N) is 1. The van der Waals surface area contributed by atoms with Crippen molar-refractivity contribution in [3.05, 3.63) is 0 Å². The van der Waals surface area contributed by atoms with Gasteiger partial charge in [0.15, 0.2) is 0 Å². The van der Waals surface area contributed by atoms with E-state index in [0.717, 1.165) is 0 Å². The van der Waals surface area contributed by atoms with Gasteiger partial charge in [-0.1, -0.05) is 13.8 Å². The minimum absolute atomic E-state index is 0.193. The second-order valence-corrected chi connectivity index (χ2v) is 3.07. The van der Waals surface area contributed by atoms with E-state index in [1.54, 1.807) is 4.90 Å². The Labute approximate surface area is 61.4 Å². The third kappa shape index (κ3) is 1.14. The number of hydrogen-bond donors (Lipinski definition) is 1. The van der Waals surface area contributed by atoms with Crippen LogP contribution in [-0.4, -0.2) is 30.6 Å². The van der Waals surface area contributed by atoms with Gasteiger partial charge in [0.2, 0.25) is 5.91 Å². The van der Waals surface area contributed by atoms with Crippen molar-refractivity contribution in [2.45, 2.75) is 20.0 Å². The highest BCUT2D eigenvalue weighted by Gasteiger charge is 2.28. The standard InChI is InChI=1S/C7H14N2O/c1-5(2)7-8-4-6(10)9(7)3/h5,7-8H,4H2,1-3H3/t7-/m0/s1. The molecule has 1 N–H and O–H groups in total. The van der Waals surface area contributed by atoms with Crippen molar-refractivity contribution < 1.29 is 4.79 Å². The molecule has 1 fully saturated rings. The number of carbonyl (C=O) groups is 1. The monoisotopic (exact) mass is 142 g/mol. The highest BCUT2D eigenvalue weighted by molar-refractivity contribution is 5.80. The highest BCUT2D eigenvalue weighted by Crippen LogP contribution is 2.10. The zero-order valence-corrected chi connectivity index (χ0v) is 6.72. The maximum Gasteiger partial charge on any atom is 0.237 e. The van der Waals surface area contributed by atoms with E-state index < -0.39 is 0 Å². The normalized spacial score (nSPS) is 26.6. The predicted molar refractivity (Wildman–Crippen MR) is 39.4 cm³/mol. The molecule has 1 rings (SSSR count). The molecular formula is C7H14N2O. The Morgan fingerprint density at radius 2 is 2.30 bits per heavy atom. The van der Waals surface area contributed by atoms with Crippen molar-refractivity contribution >= 4 is 5.91 Å². The molecule has 10 heavy (non-hydrogen) atoms. The lowest BCUT2D eigenvalue weighted by Gasteiger charge is -2.22. The molecule has 0 aromatic heterocycles. The summed E-state index contributed by atoms with van der Waals surface area (Å²) in [5, 5.41) is 3.13. The fourth-order valence-electron chi connectivity index (χ4n) is 1.29. The number of hydrogen-bond acceptors (Lipinski definition) is 2. The topological polar surface area (TPSA) is 32.3 Å². The molecule has 0 radical (unpaired) electrons. The van der Waals surface area contributed by atoms with Crippen LogP contribution < -0.4 is 5.32 Å². The van der Waals surface area contributed by atoms with Crippen LogP contribution in [0.5, 0.6) is 0 Å². The number of amides is 1. The summed E-state index contributed by atoms with van der Waals surface area (Å²) in [5.74, 6) is 0.690. The molecule has 0 bridgehead atoms. The Morgan fingerprint density at radius 3 is 2.50 bits per heavy atom. The van der Waals surface area contributed by atoms with E-state index in [9.17, 15) is 4.79 Å². The minimum atomic E-state index is 0.193. The average molecular weight is 142 g/mol. The van der Waals surface area contributed by atoms with Crippen molar-refractivity contribution in [3.8, 4) is 0 Å². The average Bonchev–Trinajstić information content (AvgIpc) is 2.14. The Morgan fingerprint density at radius 1 is 1.70 bits per heavy atom. The number of nitrogens with zero attached hydrogens (tertiary/aromatic N) is 1. The Hall–Kier alpha value is -0.570. The van der Waals surface area contributed by atoms with Crippen LogP contribution in [0, 0.1) is 5.92 Å². The fraction of sp³-hybridized carbons (Fsp3) is 0.857. The first-order valence-electron chi connectivity index (χ1n) is 3.62. The third-order valence-electron chi connectivity index (χ3n) is 1.90. The van der Waals surface area contributed by atoms with Crippen LogP contribution in [0.4, 0.5) is 0 Å². The maximum atomic E-state index is 11.0. The number of rotatable bonds is 1. The summed E-state index contributed by atoms with van der Waals surface area (Å²) in [6, 6.07) is 0. The van der Waals surface area contributed by atoms with Gasteiger partial charge in [-0.05, 0) is 5.92 Å². The van der Waals surface area contributed by atoms with Crippen molar-refractivity contribution in [3.63, 3.8) is 0 Å². The van der Waals surface area contributed by atoms with Gasteiger partial charge < -0.3 is 4.90 Å². The molecule has 0 saturated carbocycles. The molecule has 3 heteroatoms. The van der Waals surface area contributed by atoms with Crippen LogP contribution >= 0.6 is 0 Å². The van der Waals surface area contributed by atoms with Gasteiger partial charge in [-0.3, -0.25) is 10.1 Å². The molecule has 0 aromatic carbocycles. The summed E-state index contributed by atoms with van der Waals surface area (Å²) in [7, 11) is 1.84. The lowest BCUT2D eigenvalue weighted by Crippen LogP contribution is -2.38. The van der Waals surface area contributed by atoms with Crippen LogP contribution in [0.15, 0.2) is 0 Å². The lowest BCUT2D eigenvalue weighted by atomic mass is 10.1. The van der Waals surface area contributed by atoms with E-state index >= 15 is 0 Å². The van der Waals surface area contributed by atoms with Gasteiger partial charge >= 0.3 is 0 Å².